The molecule has 8 saturated carbocycles. The summed E-state index contributed by atoms with van der Waals surface area (Å²) in [7, 11) is 0. The van der Waals surface area contributed by atoms with Crippen molar-refractivity contribution in [2.75, 3.05) is 13.1 Å². The van der Waals surface area contributed by atoms with Gasteiger partial charge in [0.25, 0.3) is 0 Å². The second-order valence-corrected chi connectivity index (χ2v) is 28.6. The van der Waals surface area contributed by atoms with Gasteiger partial charge in [-0.05, 0) is 232 Å². The van der Waals surface area contributed by atoms with Crippen LogP contribution in [0.4, 0.5) is 0 Å². The Labute approximate surface area is 449 Å². The summed E-state index contributed by atoms with van der Waals surface area (Å²) in [4.78, 5) is 32.0. The third-order valence-corrected chi connectivity index (χ3v) is 25.0. The van der Waals surface area contributed by atoms with Crippen molar-refractivity contribution in [1.29, 1.82) is 0 Å². The number of nitrogens with two attached hydrogens (primary N) is 4. The Balaban J connectivity index is 0.735. The van der Waals surface area contributed by atoms with Crippen molar-refractivity contribution in [2.45, 2.75) is 246 Å². The molecule has 1 aromatic carbocycles. The maximum Gasteiger partial charge on any atom is 0.222 e. The second kappa shape index (κ2) is 22.6. The van der Waals surface area contributed by atoms with E-state index in [1.54, 1.807) is 0 Å². The van der Waals surface area contributed by atoms with Crippen LogP contribution in [-0.4, -0.2) is 81.3 Å². The highest BCUT2D eigenvalue weighted by Crippen LogP contribution is 2.70. The van der Waals surface area contributed by atoms with Gasteiger partial charge < -0.3 is 42.9 Å². The van der Waals surface area contributed by atoms with Crippen LogP contribution in [-0.2, 0) is 22.7 Å². The zero-order valence-electron chi connectivity index (χ0n) is 48.0. The third kappa shape index (κ3) is 10.3. The molecule has 8 aliphatic rings. The fraction of sp³-hybridized carbons (Fsp3) is 0.875. The lowest BCUT2D eigenvalue weighted by atomic mass is 9.42. The Kier molecular flexibility index (Phi) is 17.3. The lowest BCUT2D eigenvalue weighted by molar-refractivity contribution is -0.143. The summed E-state index contributed by atoms with van der Waals surface area (Å²) < 4.78 is 0. The molecular weight excluding hydrogens is 917 g/mol. The van der Waals surface area contributed by atoms with Crippen LogP contribution < -0.4 is 22.9 Å². The zero-order valence-corrected chi connectivity index (χ0v) is 48.0. The van der Waals surface area contributed by atoms with Crippen LogP contribution in [0.5, 0.6) is 0 Å². The smallest absolute Gasteiger partial charge is 0.222 e. The van der Waals surface area contributed by atoms with E-state index in [2.05, 4.69) is 89.5 Å². The Hall–Kier alpha value is -2.08. The molecule has 10 heteroatoms. The topological polar surface area (TPSA) is 185 Å². The van der Waals surface area contributed by atoms with E-state index in [1.807, 2.05) is 0 Å². The molecule has 22 atom stereocenters. The predicted molar refractivity (Wildman–Crippen MR) is 300 cm³/mol. The van der Waals surface area contributed by atoms with Gasteiger partial charge in [0, 0.05) is 63.2 Å². The minimum atomic E-state index is -0.178. The predicted octanol–water partition coefficient (Wildman–Crippen LogP) is 10.6. The summed E-state index contributed by atoms with van der Waals surface area (Å²) in [5.41, 5.74) is 31.9. The summed E-state index contributed by atoms with van der Waals surface area (Å²) in [5, 5.41) is 21.2. The Morgan fingerprint density at radius 1 is 0.568 bits per heavy atom. The normalized spacial score (nSPS) is 44.2. The van der Waals surface area contributed by atoms with E-state index in [1.165, 1.54) is 25.7 Å². The maximum atomic E-state index is 13.9. The van der Waals surface area contributed by atoms with Crippen molar-refractivity contribution in [3.8, 4) is 0 Å². The first-order chi connectivity index (χ1) is 35.2. The van der Waals surface area contributed by atoms with Gasteiger partial charge in [0.2, 0.25) is 11.8 Å². The van der Waals surface area contributed by atoms with Crippen LogP contribution in [0.1, 0.15) is 208 Å². The number of amides is 2. The number of hydrogen-bond donors (Lipinski definition) is 6. The molecule has 0 spiro atoms. The highest BCUT2D eigenvalue weighted by atomic mass is 16.3. The van der Waals surface area contributed by atoms with E-state index in [0.29, 0.717) is 96.9 Å². The van der Waals surface area contributed by atoms with E-state index in [4.69, 9.17) is 22.9 Å². The van der Waals surface area contributed by atoms with Crippen molar-refractivity contribution >= 4 is 11.8 Å². The average molecular weight is 1030 g/mol. The first-order valence-electron chi connectivity index (χ1n) is 31.2. The van der Waals surface area contributed by atoms with Gasteiger partial charge in [-0.1, -0.05) is 79.7 Å². The number of fused-ring (bicyclic) bond motifs is 10. The van der Waals surface area contributed by atoms with Crippen molar-refractivity contribution in [3.05, 3.63) is 35.4 Å². The van der Waals surface area contributed by atoms with Crippen molar-refractivity contribution in [2.24, 2.45) is 116 Å². The average Bonchev–Trinajstić information content (AvgIpc) is 3.91. The fourth-order valence-corrected chi connectivity index (χ4v) is 20.8. The maximum absolute atomic E-state index is 13.9. The SMILES string of the molecule is CCCN(Cc1ccc(CN(CCC)C(=O)CCC[C@@H](C)[C@H]2CC[C@H]3[C@@H]4[C@H](N)C[C@@H]5C[C@H](O)CC[C@]5(C)[C@H]4C[C@H](N)[C@]23C)cc1)C(=O)CCC[C@@H](C)[C@H]1CC[C@H]2[C@@H]3[C@H](N)C[C@@H]4C[C@H](O)CC[C@]4(C)[C@H]3C[C@H](N)[C@]12C. The number of carbonyl (C=O) groups excluding carboxylic acids is 2. The summed E-state index contributed by atoms with van der Waals surface area (Å²) >= 11 is 0. The summed E-state index contributed by atoms with van der Waals surface area (Å²) in [6, 6.07) is 9.38. The molecule has 0 saturated heterocycles. The Bertz CT molecular complexity index is 1930. The minimum absolute atomic E-state index is 0.0731. The summed E-state index contributed by atoms with van der Waals surface area (Å²) in [6.07, 6.45) is 21.4. The van der Waals surface area contributed by atoms with Gasteiger partial charge in [0.15, 0.2) is 0 Å². The molecule has 10 nitrogen and oxygen atoms in total. The molecule has 1 aromatic rings. The third-order valence-electron chi connectivity index (χ3n) is 25.0. The quantitative estimate of drug-likeness (QED) is 0.0839. The van der Waals surface area contributed by atoms with Gasteiger partial charge in [0.05, 0.1) is 12.2 Å². The van der Waals surface area contributed by atoms with Gasteiger partial charge in [-0.2, -0.15) is 0 Å². The zero-order chi connectivity index (χ0) is 53.1. The van der Waals surface area contributed by atoms with E-state index in [0.717, 1.165) is 127 Å². The van der Waals surface area contributed by atoms with E-state index >= 15 is 0 Å². The lowest BCUT2D eigenvalue weighted by Gasteiger charge is -2.64. The van der Waals surface area contributed by atoms with Gasteiger partial charge in [-0.3, -0.25) is 9.59 Å². The summed E-state index contributed by atoms with van der Waals surface area (Å²) in [5.74, 6) is 6.86. The van der Waals surface area contributed by atoms with Crippen molar-refractivity contribution in [1.82, 2.24) is 9.80 Å². The number of benzene rings is 1. The molecule has 8 fully saturated rings. The van der Waals surface area contributed by atoms with Gasteiger partial charge >= 0.3 is 0 Å². The highest BCUT2D eigenvalue weighted by molar-refractivity contribution is 5.76. The second-order valence-electron chi connectivity index (χ2n) is 28.6. The fourth-order valence-electron chi connectivity index (χ4n) is 20.8. The number of hydrogen-bond acceptors (Lipinski definition) is 8. The van der Waals surface area contributed by atoms with Gasteiger partial charge in [-0.25, -0.2) is 0 Å². The van der Waals surface area contributed by atoms with E-state index in [9.17, 15) is 19.8 Å². The first-order valence-corrected chi connectivity index (χ1v) is 31.2. The van der Waals surface area contributed by atoms with Crippen LogP contribution in [0.2, 0.25) is 0 Å². The van der Waals surface area contributed by atoms with Crippen molar-refractivity contribution < 1.29 is 19.8 Å². The molecule has 0 aliphatic heterocycles. The van der Waals surface area contributed by atoms with E-state index in [-0.39, 0.29) is 69.8 Å². The molecule has 0 aromatic heterocycles. The van der Waals surface area contributed by atoms with E-state index < -0.39 is 0 Å². The molecule has 0 heterocycles. The Morgan fingerprint density at radius 2 is 0.946 bits per heavy atom. The highest BCUT2D eigenvalue weighted by Gasteiger charge is 2.66. The Morgan fingerprint density at radius 3 is 1.31 bits per heavy atom. The van der Waals surface area contributed by atoms with Crippen LogP contribution in [0, 0.1) is 92.7 Å². The molecule has 8 aliphatic carbocycles. The molecule has 0 radical (unpaired) electrons. The van der Waals surface area contributed by atoms with Gasteiger partial charge in [-0.15, -0.1) is 0 Å². The largest absolute Gasteiger partial charge is 0.393 e. The lowest BCUT2D eigenvalue weighted by Crippen LogP contribution is -2.65. The molecule has 0 bridgehead atoms. The molecule has 0 unspecified atom stereocenters. The first kappa shape index (κ1) is 56.6. The molecule has 10 N–H and O–H groups in total. The number of aliphatic hydroxyl groups excluding tert-OH is 2. The number of aliphatic hydroxyl groups is 2. The number of rotatable bonds is 18. The molecular formula is C64H108N6O4. The standard InChI is InChI=1S/C64H108N6O4/c1-9-29-69(57(73)15-11-13-39(3)47-21-23-49-59-51(35-55(67)63(47,49)7)61(5)27-25-45(71)31-43(61)33-53(59)65)37-41-17-19-42(20-18-41)38-70(30-10-2)58(74)16-12-14-40(4)48-22-24-50-60-52(36-56(68)64(48,50)8)62(6)28-26-46(72)32-44(62)34-54(60)66/h17-20,39-40,43-56,59-60,71-72H,9-16,21-38,65-68H2,1-8H3/t39-,40-,43+,44+,45-,46-,47-,48-,49+,50+,51+,52+,53-,54-,55+,56+,59+,60+,61+,62+,63-,64-/m1/s1. The van der Waals surface area contributed by atoms with Gasteiger partial charge in [0.1, 0.15) is 0 Å². The monoisotopic (exact) mass is 1020 g/mol. The number of carbonyl (C=O) groups is 2. The molecule has 2 amide bonds. The van der Waals surface area contributed by atoms with Crippen LogP contribution in [0.25, 0.3) is 0 Å². The molecule has 9 rings (SSSR count). The van der Waals surface area contributed by atoms with Crippen molar-refractivity contribution in [3.63, 3.8) is 0 Å². The molecule has 418 valence electrons. The number of nitrogens with zero attached hydrogens (tertiary/aromatic N) is 2. The summed E-state index contributed by atoms with van der Waals surface area (Å²) in [6.45, 7) is 22.0. The minimum Gasteiger partial charge on any atom is -0.393 e. The molecule has 74 heavy (non-hydrogen) atoms. The van der Waals surface area contributed by atoms with Crippen LogP contribution >= 0.6 is 0 Å². The van der Waals surface area contributed by atoms with Crippen LogP contribution in [0.3, 0.4) is 0 Å². The van der Waals surface area contributed by atoms with Crippen LogP contribution in [0.15, 0.2) is 24.3 Å².